The van der Waals surface area contributed by atoms with Crippen molar-refractivity contribution in [3.05, 3.63) is 65.7 Å². The number of carbonyl (C=O) groups is 1. The molecular formula is C38H62NO3+. The number of esters is 1. The van der Waals surface area contributed by atoms with Gasteiger partial charge in [-0.2, -0.15) is 0 Å². The quantitative estimate of drug-likeness (QED) is 0.0666. The van der Waals surface area contributed by atoms with Crippen LogP contribution in [0.25, 0.3) is 0 Å². The number of ether oxygens (including phenoxy) is 2. The number of quaternary nitrogens is 1. The van der Waals surface area contributed by atoms with Crippen LogP contribution < -0.4 is 4.74 Å². The Balaban J connectivity index is 1.51. The van der Waals surface area contributed by atoms with E-state index in [4.69, 9.17) is 9.47 Å². The Hall–Kier alpha value is -2.33. The van der Waals surface area contributed by atoms with Gasteiger partial charge in [-0.05, 0) is 37.3 Å². The number of unbranched alkanes of at least 4 members (excludes halogenated alkanes) is 12. The summed E-state index contributed by atoms with van der Waals surface area (Å²) in [7, 11) is 4.45. The van der Waals surface area contributed by atoms with E-state index in [-0.39, 0.29) is 11.9 Å². The number of benzene rings is 2. The van der Waals surface area contributed by atoms with Crippen molar-refractivity contribution in [3.8, 4) is 5.75 Å². The average Bonchev–Trinajstić information content (AvgIpc) is 2.99. The lowest BCUT2D eigenvalue weighted by Gasteiger charge is -2.30. The molecule has 1 atom stereocenters. The van der Waals surface area contributed by atoms with Crippen LogP contribution in [0.2, 0.25) is 0 Å². The molecule has 236 valence electrons. The SMILES string of the molecule is CCCCCCCCCCCCCCc1ccccc1OCCCCOC(=O)C(C)CC[N+](C)(C)Cc1ccccc1. The molecule has 0 aliphatic rings. The Morgan fingerprint density at radius 3 is 1.95 bits per heavy atom. The third-order valence-corrected chi connectivity index (χ3v) is 8.34. The van der Waals surface area contributed by atoms with Gasteiger partial charge in [0, 0.05) is 12.0 Å². The van der Waals surface area contributed by atoms with Crippen molar-refractivity contribution < 1.29 is 18.8 Å². The van der Waals surface area contributed by atoms with E-state index < -0.39 is 0 Å². The van der Waals surface area contributed by atoms with E-state index in [1.807, 2.05) is 13.0 Å². The van der Waals surface area contributed by atoms with Crippen molar-refractivity contribution in [3.63, 3.8) is 0 Å². The van der Waals surface area contributed by atoms with Gasteiger partial charge >= 0.3 is 5.97 Å². The number of carbonyl (C=O) groups excluding carboxylic acids is 1. The smallest absolute Gasteiger partial charge is 0.308 e. The van der Waals surface area contributed by atoms with E-state index in [0.717, 1.165) is 49.0 Å². The van der Waals surface area contributed by atoms with Crippen LogP contribution in [0.5, 0.6) is 5.75 Å². The highest BCUT2D eigenvalue weighted by Crippen LogP contribution is 2.22. The molecule has 0 aliphatic heterocycles. The zero-order valence-corrected chi connectivity index (χ0v) is 27.6. The first-order valence-corrected chi connectivity index (χ1v) is 17.1. The summed E-state index contributed by atoms with van der Waals surface area (Å²) in [6.45, 7) is 7.31. The fourth-order valence-electron chi connectivity index (χ4n) is 5.53. The number of rotatable bonds is 25. The van der Waals surface area contributed by atoms with Crippen LogP contribution in [0, 0.1) is 5.92 Å². The molecule has 4 heteroatoms. The maximum absolute atomic E-state index is 12.5. The summed E-state index contributed by atoms with van der Waals surface area (Å²) in [5, 5.41) is 0. The highest BCUT2D eigenvalue weighted by atomic mass is 16.5. The number of nitrogens with zero attached hydrogens (tertiary/aromatic N) is 1. The standard InChI is InChI=1S/C38H62NO3/c1-5-6-7-8-9-10-11-12-13-14-15-19-26-36-27-20-21-28-37(36)41-31-22-23-32-42-38(40)34(2)29-30-39(3,4)33-35-24-17-16-18-25-35/h16-18,20-21,24-25,27-28,34H,5-15,19,22-23,26,29-33H2,1-4H3/q+1. The minimum Gasteiger partial charge on any atom is -0.493 e. The summed E-state index contributed by atoms with van der Waals surface area (Å²) in [4.78, 5) is 12.5. The van der Waals surface area contributed by atoms with Gasteiger partial charge in [-0.15, -0.1) is 0 Å². The summed E-state index contributed by atoms with van der Waals surface area (Å²) in [5.41, 5.74) is 2.64. The Bertz CT molecular complexity index is 942. The topological polar surface area (TPSA) is 35.5 Å². The molecule has 2 aromatic rings. The predicted octanol–water partition coefficient (Wildman–Crippen LogP) is 9.94. The average molecular weight is 581 g/mol. The first-order valence-electron chi connectivity index (χ1n) is 17.1. The molecule has 0 saturated carbocycles. The molecule has 0 radical (unpaired) electrons. The van der Waals surface area contributed by atoms with Gasteiger partial charge in [-0.1, -0.05) is 133 Å². The Morgan fingerprint density at radius 2 is 1.29 bits per heavy atom. The Labute approximate surface area is 258 Å². The minimum absolute atomic E-state index is 0.0802. The molecule has 1 unspecified atom stereocenters. The van der Waals surface area contributed by atoms with Gasteiger partial charge in [0.2, 0.25) is 0 Å². The van der Waals surface area contributed by atoms with E-state index in [9.17, 15) is 4.79 Å². The second kappa shape index (κ2) is 22.2. The highest BCUT2D eigenvalue weighted by Gasteiger charge is 2.21. The minimum atomic E-state index is -0.0818. The van der Waals surface area contributed by atoms with E-state index >= 15 is 0 Å². The monoisotopic (exact) mass is 580 g/mol. The lowest BCUT2D eigenvalue weighted by molar-refractivity contribution is -0.904. The van der Waals surface area contributed by atoms with Crippen molar-refractivity contribution in [1.82, 2.24) is 0 Å². The van der Waals surface area contributed by atoms with E-state index in [0.29, 0.717) is 13.2 Å². The predicted molar refractivity (Wildman–Crippen MR) is 178 cm³/mol. The zero-order valence-electron chi connectivity index (χ0n) is 27.6. The van der Waals surface area contributed by atoms with Gasteiger partial charge in [-0.3, -0.25) is 4.79 Å². The first kappa shape index (κ1) is 35.9. The Morgan fingerprint density at radius 1 is 0.714 bits per heavy atom. The molecule has 4 nitrogen and oxygen atoms in total. The van der Waals surface area contributed by atoms with Crippen molar-refractivity contribution in [2.45, 2.75) is 123 Å². The van der Waals surface area contributed by atoms with Gasteiger partial charge in [0.15, 0.2) is 0 Å². The molecule has 0 bridgehead atoms. The third-order valence-electron chi connectivity index (χ3n) is 8.34. The number of aryl methyl sites for hydroxylation is 1. The largest absolute Gasteiger partial charge is 0.493 e. The molecule has 0 amide bonds. The van der Waals surface area contributed by atoms with Crippen LogP contribution in [0.1, 0.15) is 121 Å². The number of hydrogen-bond acceptors (Lipinski definition) is 3. The van der Waals surface area contributed by atoms with Gasteiger partial charge < -0.3 is 14.0 Å². The lowest BCUT2D eigenvalue weighted by Crippen LogP contribution is -2.40. The van der Waals surface area contributed by atoms with Gasteiger partial charge in [-0.25, -0.2) is 0 Å². The van der Waals surface area contributed by atoms with Crippen LogP contribution in [0.3, 0.4) is 0 Å². The summed E-state index contributed by atoms with van der Waals surface area (Å²) >= 11 is 0. The number of para-hydroxylation sites is 1. The molecule has 2 rings (SSSR count). The van der Waals surface area contributed by atoms with Crippen LogP contribution in [-0.4, -0.2) is 44.3 Å². The van der Waals surface area contributed by atoms with Gasteiger partial charge in [0.05, 0.1) is 39.8 Å². The first-order chi connectivity index (χ1) is 20.4. The number of hydrogen-bond donors (Lipinski definition) is 0. The van der Waals surface area contributed by atoms with Crippen LogP contribution in [0.15, 0.2) is 54.6 Å². The van der Waals surface area contributed by atoms with Gasteiger partial charge in [0.25, 0.3) is 0 Å². The fourth-order valence-corrected chi connectivity index (χ4v) is 5.53. The molecule has 0 spiro atoms. The molecule has 0 N–H and O–H groups in total. The lowest BCUT2D eigenvalue weighted by atomic mass is 10.0. The van der Waals surface area contributed by atoms with Crippen molar-refractivity contribution in [2.75, 3.05) is 33.9 Å². The van der Waals surface area contributed by atoms with Crippen LogP contribution in [-0.2, 0) is 22.5 Å². The van der Waals surface area contributed by atoms with Crippen molar-refractivity contribution in [2.24, 2.45) is 5.92 Å². The summed E-state index contributed by atoms with van der Waals surface area (Å²) in [5.74, 6) is 0.854. The summed E-state index contributed by atoms with van der Waals surface area (Å²) in [6.07, 6.45) is 20.1. The fraction of sp³-hybridized carbons (Fsp3) is 0.658. The maximum atomic E-state index is 12.5. The second-order valence-electron chi connectivity index (χ2n) is 13.0. The van der Waals surface area contributed by atoms with Crippen molar-refractivity contribution >= 4 is 5.97 Å². The van der Waals surface area contributed by atoms with E-state index in [1.54, 1.807) is 0 Å². The highest BCUT2D eigenvalue weighted by molar-refractivity contribution is 5.71. The summed E-state index contributed by atoms with van der Waals surface area (Å²) in [6, 6.07) is 19.0. The molecule has 0 fully saturated rings. The molecule has 0 aromatic heterocycles. The van der Waals surface area contributed by atoms with Crippen molar-refractivity contribution in [1.29, 1.82) is 0 Å². The zero-order chi connectivity index (χ0) is 30.3. The third kappa shape index (κ3) is 16.9. The van der Waals surface area contributed by atoms with E-state index in [1.165, 1.54) is 88.2 Å². The Kier molecular flexibility index (Phi) is 19.0. The molecule has 42 heavy (non-hydrogen) atoms. The van der Waals surface area contributed by atoms with Crippen LogP contribution >= 0.6 is 0 Å². The second-order valence-corrected chi connectivity index (χ2v) is 13.0. The van der Waals surface area contributed by atoms with Gasteiger partial charge in [0.1, 0.15) is 12.3 Å². The molecule has 0 aliphatic carbocycles. The molecular weight excluding hydrogens is 518 g/mol. The normalized spacial score (nSPS) is 12.3. The molecule has 2 aromatic carbocycles. The molecule has 0 heterocycles. The maximum Gasteiger partial charge on any atom is 0.308 e. The molecule has 0 saturated heterocycles. The van der Waals surface area contributed by atoms with E-state index in [2.05, 4.69) is 69.6 Å². The van der Waals surface area contributed by atoms with Crippen LogP contribution in [0.4, 0.5) is 0 Å². The summed E-state index contributed by atoms with van der Waals surface area (Å²) < 4.78 is 12.6.